The van der Waals surface area contributed by atoms with Crippen LogP contribution in [0.1, 0.15) is 52.0 Å². The van der Waals surface area contributed by atoms with E-state index in [4.69, 9.17) is 15.0 Å². The summed E-state index contributed by atoms with van der Waals surface area (Å²) in [5.41, 5.74) is 8.06. The van der Waals surface area contributed by atoms with E-state index in [-0.39, 0.29) is 37.2 Å². The highest BCUT2D eigenvalue weighted by atomic mass is 35.5. The van der Waals surface area contributed by atoms with E-state index in [9.17, 15) is 0 Å². The highest BCUT2D eigenvalue weighted by Gasteiger charge is 2.68. The van der Waals surface area contributed by atoms with E-state index in [0.717, 1.165) is 31.6 Å². The summed E-state index contributed by atoms with van der Waals surface area (Å²) in [7, 11) is -0.231. The van der Waals surface area contributed by atoms with Gasteiger partial charge in [-0.05, 0) is 61.8 Å². The number of hydrogen-bond acceptors (Lipinski definition) is 3. The molecule has 5 rings (SSSR count). The van der Waals surface area contributed by atoms with Crippen LogP contribution in [0.5, 0.6) is 0 Å². The number of rotatable bonds is 5. The van der Waals surface area contributed by atoms with Crippen molar-refractivity contribution in [2.75, 3.05) is 0 Å². The van der Waals surface area contributed by atoms with E-state index in [1.165, 1.54) is 12.0 Å². The van der Waals surface area contributed by atoms with Gasteiger partial charge in [0.05, 0.1) is 11.7 Å². The lowest BCUT2D eigenvalue weighted by molar-refractivity contribution is -0.199. The predicted octanol–water partition coefficient (Wildman–Crippen LogP) is 4.03. The Morgan fingerprint density at radius 2 is 1.92 bits per heavy atom. The van der Waals surface area contributed by atoms with Crippen molar-refractivity contribution in [1.82, 2.24) is 0 Å². The van der Waals surface area contributed by atoms with Crippen LogP contribution in [0.3, 0.4) is 0 Å². The monoisotopic (exact) mass is 363 g/mol. The second-order valence-corrected chi connectivity index (χ2v) is 8.88. The van der Waals surface area contributed by atoms with Gasteiger partial charge in [0.2, 0.25) is 0 Å². The fourth-order valence-corrected chi connectivity index (χ4v) is 5.41. The average molecular weight is 364 g/mol. The standard InChI is InChI=1S/C20H30BNO2.ClH/c1-19(2)15-12-16(19)20(3)17(13-15)23-21(24-20)18(22)11-7-10-14-8-5-4-6-9-14;/h4-6,8-9,15-18H,7,10-13,22H2,1-3H3;1H/t15-,16-,17+,18-,20-;/m0./s1. The largest absolute Gasteiger partial charge is 0.475 e. The van der Waals surface area contributed by atoms with Crippen molar-refractivity contribution < 1.29 is 9.31 Å². The van der Waals surface area contributed by atoms with Crippen molar-refractivity contribution in [3.05, 3.63) is 35.9 Å². The van der Waals surface area contributed by atoms with Gasteiger partial charge >= 0.3 is 7.12 Å². The van der Waals surface area contributed by atoms with Gasteiger partial charge in [-0.25, -0.2) is 0 Å². The molecule has 0 amide bonds. The minimum Gasteiger partial charge on any atom is -0.404 e. The molecule has 1 aliphatic heterocycles. The van der Waals surface area contributed by atoms with E-state index in [0.29, 0.717) is 11.3 Å². The van der Waals surface area contributed by atoms with Gasteiger partial charge in [0.15, 0.2) is 0 Å². The SMILES string of the molecule is CC1(C)[C@@H]2C[C@H]3OB([C@@H](N)CCCc4ccccc4)O[C@@]3(C)[C@H]1C2.Cl. The normalized spacial score (nSPS) is 36.2. The van der Waals surface area contributed by atoms with Gasteiger partial charge in [0.1, 0.15) is 0 Å². The first-order chi connectivity index (χ1) is 11.4. The summed E-state index contributed by atoms with van der Waals surface area (Å²) in [4.78, 5) is 0. The van der Waals surface area contributed by atoms with Crippen molar-refractivity contribution in [2.24, 2.45) is 23.0 Å². The molecule has 0 spiro atoms. The zero-order valence-corrected chi connectivity index (χ0v) is 16.4. The molecule has 5 atom stereocenters. The molecule has 1 aromatic carbocycles. The molecule has 3 aliphatic carbocycles. The number of nitrogens with two attached hydrogens (primary N) is 1. The lowest BCUT2D eigenvalue weighted by Crippen LogP contribution is -2.65. The highest BCUT2D eigenvalue weighted by molar-refractivity contribution is 6.47. The molecular weight excluding hydrogens is 332 g/mol. The third-order valence-corrected chi connectivity index (χ3v) is 7.16. The summed E-state index contributed by atoms with van der Waals surface area (Å²) < 4.78 is 12.7. The third kappa shape index (κ3) is 3.16. The topological polar surface area (TPSA) is 44.5 Å². The van der Waals surface area contributed by atoms with Crippen molar-refractivity contribution in [1.29, 1.82) is 0 Å². The molecule has 5 heteroatoms. The van der Waals surface area contributed by atoms with Crippen molar-refractivity contribution in [3.63, 3.8) is 0 Å². The molecular formula is C20H31BClNO2. The Kier molecular flexibility index (Phi) is 5.29. The van der Waals surface area contributed by atoms with Crippen LogP contribution in [0.2, 0.25) is 0 Å². The first-order valence-corrected chi connectivity index (χ1v) is 9.54. The smallest absolute Gasteiger partial charge is 0.404 e. The maximum absolute atomic E-state index is 6.46. The molecule has 25 heavy (non-hydrogen) atoms. The lowest BCUT2D eigenvalue weighted by atomic mass is 9.43. The highest BCUT2D eigenvalue weighted by Crippen LogP contribution is 2.65. The van der Waals surface area contributed by atoms with E-state index >= 15 is 0 Å². The quantitative estimate of drug-likeness (QED) is 0.803. The summed E-state index contributed by atoms with van der Waals surface area (Å²) in [5, 5.41) is 0. The minimum absolute atomic E-state index is 0. The van der Waals surface area contributed by atoms with E-state index in [1.807, 2.05) is 0 Å². The molecule has 3 saturated carbocycles. The van der Waals surface area contributed by atoms with E-state index in [2.05, 4.69) is 51.1 Å². The summed E-state index contributed by atoms with van der Waals surface area (Å²) in [6.45, 7) is 7.05. The molecule has 138 valence electrons. The number of aryl methyl sites for hydroxylation is 1. The summed E-state index contributed by atoms with van der Waals surface area (Å²) in [6, 6.07) is 10.6. The van der Waals surface area contributed by atoms with Crippen molar-refractivity contribution in [3.8, 4) is 0 Å². The van der Waals surface area contributed by atoms with Crippen molar-refractivity contribution >= 4 is 19.5 Å². The Balaban J connectivity index is 0.00000182. The molecule has 1 heterocycles. The van der Waals surface area contributed by atoms with Gasteiger partial charge in [-0.1, -0.05) is 44.2 Å². The molecule has 0 aromatic heterocycles. The average Bonchev–Trinajstić information content (AvgIpc) is 2.92. The second-order valence-electron chi connectivity index (χ2n) is 8.88. The Labute approximate surface area is 158 Å². The Bertz CT molecular complexity index is 599. The summed E-state index contributed by atoms with van der Waals surface area (Å²) in [5.74, 6) is 1.36. The number of halogens is 1. The molecule has 1 aromatic rings. The zero-order valence-electron chi connectivity index (χ0n) is 15.6. The second kappa shape index (κ2) is 6.88. The van der Waals surface area contributed by atoms with E-state index in [1.54, 1.807) is 0 Å². The minimum atomic E-state index is -0.231. The summed E-state index contributed by atoms with van der Waals surface area (Å²) in [6.07, 6.45) is 5.75. The fourth-order valence-electron chi connectivity index (χ4n) is 5.41. The van der Waals surface area contributed by atoms with Gasteiger partial charge in [-0.3, -0.25) is 0 Å². The maximum Gasteiger partial charge on any atom is 0.475 e. The van der Waals surface area contributed by atoms with Gasteiger partial charge in [-0.2, -0.15) is 0 Å². The molecule has 1 saturated heterocycles. The first kappa shape index (κ1) is 19.2. The third-order valence-electron chi connectivity index (χ3n) is 7.16. The molecule has 4 aliphatic rings. The molecule has 0 radical (unpaired) electrons. The fraction of sp³-hybridized carbons (Fsp3) is 0.700. The van der Waals surface area contributed by atoms with Crippen LogP contribution >= 0.6 is 12.4 Å². The van der Waals surface area contributed by atoms with E-state index < -0.39 is 0 Å². The first-order valence-electron chi connectivity index (χ1n) is 9.54. The Morgan fingerprint density at radius 3 is 2.60 bits per heavy atom. The molecule has 2 bridgehead atoms. The van der Waals surface area contributed by atoms with Gasteiger partial charge in [-0.15, -0.1) is 12.4 Å². The predicted molar refractivity (Wildman–Crippen MR) is 105 cm³/mol. The number of benzene rings is 1. The van der Waals surface area contributed by atoms with Crippen LogP contribution in [0, 0.1) is 17.3 Å². The summed E-state index contributed by atoms with van der Waals surface area (Å²) >= 11 is 0. The zero-order chi connectivity index (χ0) is 16.9. The van der Waals surface area contributed by atoms with Crippen LogP contribution in [-0.4, -0.2) is 24.8 Å². The van der Waals surface area contributed by atoms with Crippen LogP contribution < -0.4 is 5.73 Å². The van der Waals surface area contributed by atoms with Crippen LogP contribution in [0.4, 0.5) is 0 Å². The molecule has 4 fully saturated rings. The molecule has 2 N–H and O–H groups in total. The maximum atomic E-state index is 6.46. The van der Waals surface area contributed by atoms with Gasteiger partial charge < -0.3 is 15.0 Å². The Morgan fingerprint density at radius 1 is 1.20 bits per heavy atom. The Hall–Kier alpha value is -0.545. The molecule has 0 unspecified atom stereocenters. The van der Waals surface area contributed by atoms with Crippen LogP contribution in [-0.2, 0) is 15.7 Å². The van der Waals surface area contributed by atoms with Crippen LogP contribution in [0.15, 0.2) is 30.3 Å². The van der Waals surface area contributed by atoms with Gasteiger partial charge in [0.25, 0.3) is 0 Å². The van der Waals surface area contributed by atoms with Crippen LogP contribution in [0.25, 0.3) is 0 Å². The van der Waals surface area contributed by atoms with Gasteiger partial charge in [0, 0.05) is 5.94 Å². The number of hydrogen-bond donors (Lipinski definition) is 1. The van der Waals surface area contributed by atoms with Crippen molar-refractivity contribution in [2.45, 2.75) is 70.5 Å². The lowest BCUT2D eigenvalue weighted by Gasteiger charge is -2.64. The molecule has 3 nitrogen and oxygen atoms in total.